The maximum absolute atomic E-state index is 8.69. The number of rotatable bonds is 3. The van der Waals surface area contributed by atoms with Gasteiger partial charge in [0.15, 0.2) is 0 Å². The van der Waals surface area contributed by atoms with Gasteiger partial charge in [-0.1, -0.05) is 0 Å². The van der Waals surface area contributed by atoms with Crippen LogP contribution in [0.4, 0.5) is 0 Å². The summed E-state index contributed by atoms with van der Waals surface area (Å²) in [4.78, 5) is 0. The average molecular weight is 118 g/mol. The highest BCUT2D eigenvalue weighted by Crippen LogP contribution is 1.98. The molecule has 0 saturated carbocycles. The highest BCUT2D eigenvalue weighted by atomic mass is 16.3. The van der Waals surface area contributed by atoms with Crippen LogP contribution in [0, 0.1) is 0 Å². The van der Waals surface area contributed by atoms with Crippen molar-refractivity contribution in [2.24, 2.45) is 0 Å². The van der Waals surface area contributed by atoms with E-state index in [4.69, 9.17) is 10.2 Å². The van der Waals surface area contributed by atoms with E-state index in [2.05, 4.69) is 0 Å². The molecule has 0 spiro atoms. The van der Waals surface area contributed by atoms with E-state index in [1.165, 1.54) is 0 Å². The molecular weight excluding hydrogens is 104 g/mol. The Morgan fingerprint density at radius 3 is 1.38 bits per heavy atom. The van der Waals surface area contributed by atoms with Crippen LogP contribution in [0.5, 0.6) is 0 Å². The number of aliphatic hydroxyl groups excluding tert-OH is 2. The molecule has 0 aromatic heterocycles. The van der Waals surface area contributed by atoms with Gasteiger partial charge in [-0.3, -0.25) is 0 Å². The monoisotopic (exact) mass is 118 g/mol. The van der Waals surface area contributed by atoms with Gasteiger partial charge in [0, 0.05) is 0 Å². The van der Waals surface area contributed by atoms with Gasteiger partial charge >= 0.3 is 0 Å². The zero-order valence-electron chi connectivity index (χ0n) is 5.46. The van der Waals surface area contributed by atoms with E-state index in [-0.39, 0.29) is 12.2 Å². The number of aliphatic hydroxyl groups is 2. The van der Waals surface area contributed by atoms with Crippen LogP contribution < -0.4 is 0 Å². The van der Waals surface area contributed by atoms with Gasteiger partial charge in [-0.15, -0.1) is 0 Å². The van der Waals surface area contributed by atoms with Crippen molar-refractivity contribution in [3.05, 3.63) is 0 Å². The lowest BCUT2D eigenvalue weighted by Crippen LogP contribution is -2.06. The van der Waals surface area contributed by atoms with Gasteiger partial charge in [0.1, 0.15) is 0 Å². The fraction of sp³-hybridized carbons (Fsp3) is 1.00. The molecule has 0 amide bonds. The fourth-order valence-electron chi connectivity index (χ4n) is 0.482. The summed E-state index contributed by atoms with van der Waals surface area (Å²) in [6.07, 6.45) is 0.837. The van der Waals surface area contributed by atoms with Gasteiger partial charge in [0.2, 0.25) is 0 Å². The molecule has 50 valence electrons. The van der Waals surface area contributed by atoms with E-state index in [9.17, 15) is 0 Å². The maximum Gasteiger partial charge on any atom is 0.0513 e. The second kappa shape index (κ2) is 3.87. The number of hydrogen-bond acceptors (Lipinski definition) is 2. The Kier molecular flexibility index (Phi) is 3.83. The second-order valence-corrected chi connectivity index (χ2v) is 2.28. The molecule has 0 rings (SSSR count). The van der Waals surface area contributed by atoms with Gasteiger partial charge in [-0.05, 0) is 26.7 Å². The van der Waals surface area contributed by atoms with Crippen LogP contribution in [0.1, 0.15) is 26.7 Å². The normalized spacial score (nSPS) is 18.0. The Morgan fingerprint density at radius 1 is 1.00 bits per heavy atom. The predicted molar refractivity (Wildman–Crippen MR) is 32.6 cm³/mol. The standard InChI is InChI=1S/C6H14O2/c1-5(7)3-4-6(2)8/h5-8H,3-4H2,1-2H3/t5-,6?/m0/s1. The smallest absolute Gasteiger partial charge is 0.0513 e. The first kappa shape index (κ1) is 7.92. The lowest BCUT2D eigenvalue weighted by atomic mass is 10.1. The SMILES string of the molecule is CC(O)CC[C@H](C)O. The minimum Gasteiger partial charge on any atom is -0.393 e. The summed E-state index contributed by atoms with van der Waals surface area (Å²) in [5.74, 6) is 0. The third-order valence-electron chi connectivity index (χ3n) is 1.00. The molecule has 1 unspecified atom stereocenters. The van der Waals surface area contributed by atoms with Crippen LogP contribution >= 0.6 is 0 Å². The summed E-state index contributed by atoms with van der Waals surface area (Å²) in [6.45, 7) is 3.45. The Labute approximate surface area is 50.2 Å². The second-order valence-electron chi connectivity index (χ2n) is 2.28. The van der Waals surface area contributed by atoms with Crippen molar-refractivity contribution in [2.75, 3.05) is 0 Å². The molecule has 0 fully saturated rings. The zero-order valence-corrected chi connectivity index (χ0v) is 5.46. The lowest BCUT2D eigenvalue weighted by molar-refractivity contribution is 0.133. The van der Waals surface area contributed by atoms with Gasteiger partial charge < -0.3 is 10.2 Å². The van der Waals surface area contributed by atoms with Crippen molar-refractivity contribution < 1.29 is 10.2 Å². The van der Waals surface area contributed by atoms with Crippen molar-refractivity contribution in [2.45, 2.75) is 38.9 Å². The van der Waals surface area contributed by atoms with Crippen molar-refractivity contribution >= 4 is 0 Å². The third kappa shape index (κ3) is 5.92. The first-order chi connectivity index (χ1) is 3.63. The van der Waals surface area contributed by atoms with E-state index in [1.54, 1.807) is 13.8 Å². The molecule has 0 heterocycles. The predicted octanol–water partition coefficient (Wildman–Crippen LogP) is 0.528. The zero-order chi connectivity index (χ0) is 6.57. The molecule has 2 heteroatoms. The highest BCUT2D eigenvalue weighted by molar-refractivity contribution is 4.51. The van der Waals surface area contributed by atoms with Gasteiger partial charge in [0.05, 0.1) is 12.2 Å². The van der Waals surface area contributed by atoms with Crippen LogP contribution in [-0.4, -0.2) is 22.4 Å². The average Bonchev–Trinajstić information content (AvgIpc) is 1.61. The van der Waals surface area contributed by atoms with Gasteiger partial charge in [-0.2, -0.15) is 0 Å². The molecule has 0 aliphatic carbocycles. The Balaban J connectivity index is 2.93. The third-order valence-corrected chi connectivity index (χ3v) is 1.00. The molecule has 0 aromatic carbocycles. The lowest BCUT2D eigenvalue weighted by Gasteiger charge is -2.04. The van der Waals surface area contributed by atoms with E-state index < -0.39 is 0 Å². The Bertz CT molecular complexity index is 42.5. The van der Waals surface area contributed by atoms with Gasteiger partial charge in [0.25, 0.3) is 0 Å². The summed E-state index contributed by atoms with van der Waals surface area (Å²) >= 11 is 0. The van der Waals surface area contributed by atoms with Crippen molar-refractivity contribution in [1.29, 1.82) is 0 Å². The molecule has 0 saturated heterocycles. The molecule has 0 radical (unpaired) electrons. The van der Waals surface area contributed by atoms with Crippen molar-refractivity contribution in [1.82, 2.24) is 0 Å². The molecule has 0 aliphatic heterocycles. The molecule has 0 aliphatic rings. The van der Waals surface area contributed by atoms with E-state index in [1.807, 2.05) is 0 Å². The summed E-state index contributed by atoms with van der Waals surface area (Å²) in [5, 5.41) is 17.4. The molecule has 2 nitrogen and oxygen atoms in total. The first-order valence-electron chi connectivity index (χ1n) is 2.99. The summed E-state index contributed by atoms with van der Waals surface area (Å²) in [7, 11) is 0. The molecule has 2 atom stereocenters. The quantitative estimate of drug-likeness (QED) is 0.567. The molecule has 8 heavy (non-hydrogen) atoms. The van der Waals surface area contributed by atoms with E-state index in [0.29, 0.717) is 12.8 Å². The molecule has 0 bridgehead atoms. The molecule has 0 aromatic rings. The van der Waals surface area contributed by atoms with Gasteiger partial charge in [-0.25, -0.2) is 0 Å². The molecular formula is C6H14O2. The van der Waals surface area contributed by atoms with Crippen LogP contribution in [0.3, 0.4) is 0 Å². The first-order valence-corrected chi connectivity index (χ1v) is 2.99. The minimum atomic E-state index is -0.274. The fourth-order valence-corrected chi connectivity index (χ4v) is 0.482. The Morgan fingerprint density at radius 2 is 1.25 bits per heavy atom. The van der Waals surface area contributed by atoms with Crippen molar-refractivity contribution in [3.8, 4) is 0 Å². The summed E-state index contributed by atoms with van der Waals surface area (Å²) < 4.78 is 0. The minimum absolute atomic E-state index is 0.274. The van der Waals surface area contributed by atoms with E-state index >= 15 is 0 Å². The van der Waals surface area contributed by atoms with Crippen molar-refractivity contribution in [3.63, 3.8) is 0 Å². The highest BCUT2D eigenvalue weighted by Gasteiger charge is 1.98. The largest absolute Gasteiger partial charge is 0.393 e. The summed E-state index contributed by atoms with van der Waals surface area (Å²) in [5.41, 5.74) is 0. The Hall–Kier alpha value is -0.0800. The van der Waals surface area contributed by atoms with Crippen LogP contribution in [-0.2, 0) is 0 Å². The van der Waals surface area contributed by atoms with E-state index in [0.717, 1.165) is 0 Å². The number of hydrogen-bond donors (Lipinski definition) is 2. The van der Waals surface area contributed by atoms with Crippen LogP contribution in [0.15, 0.2) is 0 Å². The van der Waals surface area contributed by atoms with Crippen LogP contribution in [0.2, 0.25) is 0 Å². The summed E-state index contributed by atoms with van der Waals surface area (Å²) in [6, 6.07) is 0. The molecule has 2 N–H and O–H groups in total. The topological polar surface area (TPSA) is 40.5 Å². The maximum atomic E-state index is 8.69. The van der Waals surface area contributed by atoms with Crippen LogP contribution in [0.25, 0.3) is 0 Å².